The summed E-state index contributed by atoms with van der Waals surface area (Å²) in [5.74, 6) is 2.35. The second-order valence-corrected chi connectivity index (χ2v) is 6.68. The summed E-state index contributed by atoms with van der Waals surface area (Å²) in [6.07, 6.45) is 2.50. The number of aromatic nitrogens is 2. The van der Waals surface area contributed by atoms with Gasteiger partial charge in [0, 0.05) is 36.5 Å². The van der Waals surface area contributed by atoms with E-state index >= 15 is 0 Å². The summed E-state index contributed by atoms with van der Waals surface area (Å²) in [7, 11) is 0. The van der Waals surface area contributed by atoms with Crippen LogP contribution in [0.15, 0.2) is 72.0 Å². The monoisotopic (exact) mass is 360 g/mol. The highest BCUT2D eigenvalue weighted by Crippen LogP contribution is 2.31. The van der Waals surface area contributed by atoms with Gasteiger partial charge in [0.05, 0.1) is 11.2 Å². The van der Waals surface area contributed by atoms with E-state index in [9.17, 15) is 0 Å². The van der Waals surface area contributed by atoms with Crippen LogP contribution in [-0.4, -0.2) is 15.7 Å². The molecular formula is C21H20N4O2. The quantitative estimate of drug-likeness (QED) is 0.717. The molecule has 0 amide bonds. The van der Waals surface area contributed by atoms with Gasteiger partial charge in [-0.25, -0.2) is 9.97 Å². The molecule has 1 aliphatic heterocycles. The molecule has 0 radical (unpaired) electrons. The minimum Gasteiger partial charge on any atom is -0.439 e. The molecule has 0 bridgehead atoms. The smallest absolute Gasteiger partial charge is 0.219 e. The fourth-order valence-electron chi connectivity index (χ4n) is 2.99. The molecular weight excluding hydrogens is 340 g/mol. The predicted octanol–water partition coefficient (Wildman–Crippen LogP) is 4.65. The molecule has 1 N–H and O–H groups in total. The number of benzene rings is 1. The first kappa shape index (κ1) is 17.0. The molecule has 0 aliphatic carbocycles. The third kappa shape index (κ3) is 3.89. The lowest BCUT2D eigenvalue weighted by atomic mass is 9.93. The number of pyridine rings is 2. The molecule has 1 aliphatic rings. The summed E-state index contributed by atoms with van der Waals surface area (Å²) in [6, 6.07) is 18.7. The number of hydrogen-bond donors (Lipinski definition) is 1. The van der Waals surface area contributed by atoms with Gasteiger partial charge in [-0.15, -0.1) is 0 Å². The molecule has 4 rings (SSSR count). The van der Waals surface area contributed by atoms with Crippen molar-refractivity contribution in [2.24, 2.45) is 5.10 Å². The van der Waals surface area contributed by atoms with Crippen molar-refractivity contribution in [3.63, 3.8) is 0 Å². The zero-order valence-corrected chi connectivity index (χ0v) is 15.2. The first-order valence-corrected chi connectivity index (χ1v) is 8.75. The van der Waals surface area contributed by atoms with Gasteiger partial charge in [0.15, 0.2) is 0 Å². The van der Waals surface area contributed by atoms with Crippen LogP contribution >= 0.6 is 0 Å². The highest BCUT2D eigenvalue weighted by Gasteiger charge is 2.33. The minimum atomic E-state index is -0.312. The van der Waals surface area contributed by atoms with E-state index in [1.54, 1.807) is 12.3 Å². The van der Waals surface area contributed by atoms with Crippen molar-refractivity contribution in [1.29, 1.82) is 0 Å². The van der Waals surface area contributed by atoms with Crippen LogP contribution in [0.5, 0.6) is 23.3 Å². The van der Waals surface area contributed by atoms with Crippen molar-refractivity contribution in [2.75, 3.05) is 0 Å². The third-order valence-electron chi connectivity index (χ3n) is 4.28. The minimum absolute atomic E-state index is 0.312. The highest BCUT2D eigenvalue weighted by atomic mass is 16.5. The van der Waals surface area contributed by atoms with Crippen molar-refractivity contribution < 1.29 is 9.47 Å². The van der Waals surface area contributed by atoms with E-state index in [1.165, 1.54) is 0 Å². The Bertz CT molecular complexity index is 975. The first-order valence-electron chi connectivity index (χ1n) is 8.75. The maximum absolute atomic E-state index is 5.95. The van der Waals surface area contributed by atoms with Crippen LogP contribution in [0.25, 0.3) is 0 Å². The average molecular weight is 360 g/mol. The van der Waals surface area contributed by atoms with Gasteiger partial charge in [-0.05, 0) is 38.1 Å². The number of nitrogens with one attached hydrogen (secondary N) is 1. The Labute approximate surface area is 157 Å². The van der Waals surface area contributed by atoms with E-state index in [-0.39, 0.29) is 5.54 Å². The van der Waals surface area contributed by atoms with E-state index in [4.69, 9.17) is 9.47 Å². The molecule has 1 unspecified atom stereocenters. The normalized spacial score (nSPS) is 18.5. The molecule has 6 heteroatoms. The summed E-state index contributed by atoms with van der Waals surface area (Å²) in [5, 5.41) is 4.29. The van der Waals surface area contributed by atoms with Crippen LogP contribution in [0.2, 0.25) is 0 Å². The molecule has 3 aromatic rings. The molecule has 136 valence electrons. The van der Waals surface area contributed by atoms with Crippen LogP contribution in [-0.2, 0) is 5.54 Å². The fourth-order valence-corrected chi connectivity index (χ4v) is 2.99. The van der Waals surface area contributed by atoms with Crippen molar-refractivity contribution in [3.05, 3.63) is 72.6 Å². The van der Waals surface area contributed by atoms with E-state index < -0.39 is 0 Å². The molecule has 6 nitrogen and oxygen atoms in total. The average Bonchev–Trinajstić information content (AvgIpc) is 3.03. The molecule has 0 saturated carbocycles. The van der Waals surface area contributed by atoms with E-state index in [1.807, 2.05) is 61.5 Å². The number of hydrazone groups is 1. The Kier molecular flexibility index (Phi) is 4.46. The van der Waals surface area contributed by atoms with E-state index in [0.29, 0.717) is 23.3 Å². The second-order valence-electron chi connectivity index (χ2n) is 6.68. The lowest BCUT2D eigenvalue weighted by Gasteiger charge is -2.23. The maximum atomic E-state index is 5.95. The van der Waals surface area contributed by atoms with Gasteiger partial charge < -0.3 is 9.47 Å². The Morgan fingerprint density at radius 3 is 2.37 bits per heavy atom. The van der Waals surface area contributed by atoms with Gasteiger partial charge in [0.1, 0.15) is 11.5 Å². The van der Waals surface area contributed by atoms with Gasteiger partial charge in [-0.1, -0.05) is 18.2 Å². The largest absolute Gasteiger partial charge is 0.439 e. The van der Waals surface area contributed by atoms with Crippen molar-refractivity contribution in [1.82, 2.24) is 15.4 Å². The molecule has 2 aromatic heterocycles. The summed E-state index contributed by atoms with van der Waals surface area (Å²) in [5.41, 5.74) is 4.81. The van der Waals surface area contributed by atoms with Gasteiger partial charge >= 0.3 is 0 Å². The van der Waals surface area contributed by atoms with Gasteiger partial charge in [0.25, 0.3) is 0 Å². The van der Waals surface area contributed by atoms with Crippen LogP contribution in [0, 0.1) is 0 Å². The zero-order chi connectivity index (χ0) is 18.7. The zero-order valence-electron chi connectivity index (χ0n) is 15.2. The molecule has 3 heterocycles. The topological polar surface area (TPSA) is 68.6 Å². The molecule has 1 atom stereocenters. The van der Waals surface area contributed by atoms with Crippen LogP contribution < -0.4 is 14.9 Å². The van der Waals surface area contributed by atoms with Crippen LogP contribution in [0.4, 0.5) is 0 Å². The van der Waals surface area contributed by atoms with Gasteiger partial charge in [0.2, 0.25) is 11.8 Å². The highest BCUT2D eigenvalue weighted by molar-refractivity contribution is 5.84. The maximum Gasteiger partial charge on any atom is 0.219 e. The lowest BCUT2D eigenvalue weighted by Crippen LogP contribution is -2.33. The van der Waals surface area contributed by atoms with Crippen LogP contribution in [0.1, 0.15) is 26.0 Å². The van der Waals surface area contributed by atoms with Crippen LogP contribution in [0.3, 0.4) is 0 Å². The summed E-state index contributed by atoms with van der Waals surface area (Å²) in [4.78, 5) is 8.82. The van der Waals surface area contributed by atoms with Crippen molar-refractivity contribution in [3.8, 4) is 23.3 Å². The number of nitrogens with zero attached hydrogens (tertiary/aromatic N) is 3. The number of ether oxygens (including phenoxy) is 2. The number of hydrogen-bond acceptors (Lipinski definition) is 6. The molecule has 0 fully saturated rings. The van der Waals surface area contributed by atoms with Crippen molar-refractivity contribution >= 4 is 5.71 Å². The Morgan fingerprint density at radius 1 is 0.926 bits per heavy atom. The summed E-state index contributed by atoms with van der Waals surface area (Å²) >= 11 is 0. The summed E-state index contributed by atoms with van der Waals surface area (Å²) in [6.45, 7) is 4.09. The second kappa shape index (κ2) is 7.07. The Balaban J connectivity index is 1.51. The lowest BCUT2D eigenvalue weighted by molar-refractivity contribution is 0.395. The first-order chi connectivity index (χ1) is 13.1. The van der Waals surface area contributed by atoms with E-state index in [0.717, 1.165) is 17.8 Å². The summed E-state index contributed by atoms with van der Waals surface area (Å²) < 4.78 is 11.7. The standard InChI is InChI=1S/C21H20N4O2/c1-15-14-21(2,25-24-15)18-9-6-11-20(23-18)27-17-8-5-7-16(13-17)26-19-10-3-4-12-22-19/h3-13,25H,14H2,1-2H3. The third-order valence-corrected chi connectivity index (χ3v) is 4.28. The Morgan fingerprint density at radius 2 is 1.67 bits per heavy atom. The fraction of sp³-hybridized carbons (Fsp3) is 0.190. The van der Waals surface area contributed by atoms with Crippen molar-refractivity contribution in [2.45, 2.75) is 25.8 Å². The SMILES string of the molecule is CC1=NNC(C)(c2cccc(Oc3cccc(Oc4ccccn4)c3)n2)C1. The molecule has 0 saturated heterocycles. The molecule has 27 heavy (non-hydrogen) atoms. The van der Waals surface area contributed by atoms with Gasteiger partial charge in [-0.3, -0.25) is 5.43 Å². The molecule has 0 spiro atoms. The van der Waals surface area contributed by atoms with E-state index in [2.05, 4.69) is 27.4 Å². The van der Waals surface area contributed by atoms with Gasteiger partial charge in [-0.2, -0.15) is 5.10 Å². The predicted molar refractivity (Wildman–Crippen MR) is 103 cm³/mol. The Hall–Kier alpha value is -3.41. The molecule has 1 aromatic carbocycles. The number of rotatable bonds is 5.